The van der Waals surface area contributed by atoms with E-state index in [9.17, 15) is 0 Å². The first-order chi connectivity index (χ1) is 9.17. The maximum Gasteiger partial charge on any atom is 0.205 e. The molecule has 1 aliphatic heterocycles. The first kappa shape index (κ1) is 15.7. The Morgan fingerprint density at radius 3 is 2.50 bits per heavy atom. The highest BCUT2D eigenvalue weighted by Gasteiger charge is 2.29. The van der Waals surface area contributed by atoms with E-state index >= 15 is 0 Å². The minimum Gasteiger partial charge on any atom is -0.343 e. The van der Waals surface area contributed by atoms with Crippen LogP contribution in [0.2, 0.25) is 0 Å². The molecule has 20 heavy (non-hydrogen) atoms. The van der Waals surface area contributed by atoms with Crippen molar-refractivity contribution < 1.29 is 0 Å². The van der Waals surface area contributed by atoms with Gasteiger partial charge in [-0.05, 0) is 33.6 Å². The average Bonchev–Trinajstić information content (AvgIpc) is 2.93. The molecular formula is C15H28N4S. The summed E-state index contributed by atoms with van der Waals surface area (Å²) in [6, 6.07) is 0.551. The van der Waals surface area contributed by atoms with Gasteiger partial charge in [0.2, 0.25) is 5.13 Å². The summed E-state index contributed by atoms with van der Waals surface area (Å²) < 4.78 is 4.54. The van der Waals surface area contributed by atoms with Gasteiger partial charge in [-0.15, -0.1) is 0 Å². The van der Waals surface area contributed by atoms with Crippen molar-refractivity contribution in [2.75, 3.05) is 18.0 Å². The van der Waals surface area contributed by atoms with Gasteiger partial charge in [0, 0.05) is 41.6 Å². The highest BCUT2D eigenvalue weighted by molar-refractivity contribution is 7.09. The van der Waals surface area contributed by atoms with Crippen molar-refractivity contribution in [1.82, 2.24) is 14.7 Å². The molecule has 0 aromatic carbocycles. The molecule has 0 amide bonds. The summed E-state index contributed by atoms with van der Waals surface area (Å²) >= 11 is 1.55. The molecule has 1 N–H and O–H groups in total. The number of nitrogens with one attached hydrogen (secondary N) is 1. The van der Waals surface area contributed by atoms with Crippen molar-refractivity contribution in [3.63, 3.8) is 0 Å². The summed E-state index contributed by atoms with van der Waals surface area (Å²) in [5, 5.41) is 4.71. The number of hydrogen-bond acceptors (Lipinski definition) is 5. The predicted molar refractivity (Wildman–Crippen MR) is 86.7 cm³/mol. The number of hydrogen-bond donors (Lipinski definition) is 1. The largest absolute Gasteiger partial charge is 0.343 e. The molecule has 0 bridgehead atoms. The van der Waals surface area contributed by atoms with Crippen LogP contribution in [0.4, 0.5) is 5.13 Å². The quantitative estimate of drug-likeness (QED) is 0.930. The molecular weight excluding hydrogens is 268 g/mol. The topological polar surface area (TPSA) is 41.0 Å². The Kier molecular flexibility index (Phi) is 4.40. The maximum atomic E-state index is 4.76. The van der Waals surface area contributed by atoms with E-state index < -0.39 is 0 Å². The van der Waals surface area contributed by atoms with Crippen molar-refractivity contribution in [3.8, 4) is 0 Å². The number of nitrogens with zero attached hydrogens (tertiary/aromatic N) is 3. The van der Waals surface area contributed by atoms with E-state index in [0.29, 0.717) is 6.04 Å². The van der Waals surface area contributed by atoms with Crippen molar-refractivity contribution in [1.29, 1.82) is 0 Å². The molecule has 1 unspecified atom stereocenters. The van der Waals surface area contributed by atoms with Gasteiger partial charge in [-0.3, -0.25) is 0 Å². The Balaban J connectivity index is 2.05. The number of rotatable bonds is 3. The Labute approximate surface area is 127 Å². The minimum atomic E-state index is 0.0353. The third-order valence-electron chi connectivity index (χ3n) is 3.58. The van der Waals surface area contributed by atoms with Gasteiger partial charge < -0.3 is 10.2 Å². The van der Waals surface area contributed by atoms with Gasteiger partial charge in [-0.1, -0.05) is 20.8 Å². The van der Waals surface area contributed by atoms with Crippen LogP contribution in [0.25, 0.3) is 0 Å². The highest BCUT2D eigenvalue weighted by atomic mass is 32.1. The molecule has 4 nitrogen and oxygen atoms in total. The zero-order valence-electron chi connectivity index (χ0n) is 13.7. The summed E-state index contributed by atoms with van der Waals surface area (Å²) in [5.74, 6) is 0.965. The molecule has 1 aliphatic rings. The Bertz CT molecular complexity index is 441. The second-order valence-corrected chi connectivity index (χ2v) is 8.50. The summed E-state index contributed by atoms with van der Waals surface area (Å²) in [4.78, 5) is 7.20. The average molecular weight is 296 g/mol. The molecule has 1 aromatic heterocycles. The van der Waals surface area contributed by atoms with Crippen LogP contribution >= 0.6 is 11.5 Å². The van der Waals surface area contributed by atoms with Crippen LogP contribution in [-0.4, -0.2) is 34.0 Å². The second-order valence-electron chi connectivity index (χ2n) is 7.77. The lowest BCUT2D eigenvalue weighted by Gasteiger charge is -2.28. The van der Waals surface area contributed by atoms with Gasteiger partial charge in [0.1, 0.15) is 5.82 Å². The van der Waals surface area contributed by atoms with E-state index in [1.807, 2.05) is 0 Å². The maximum absolute atomic E-state index is 4.76. The van der Waals surface area contributed by atoms with E-state index in [1.54, 1.807) is 11.5 Å². The lowest BCUT2D eigenvalue weighted by molar-refractivity contribution is 0.405. The van der Waals surface area contributed by atoms with E-state index in [0.717, 1.165) is 24.0 Å². The molecule has 0 aliphatic carbocycles. The Hall–Kier alpha value is -0.680. The lowest BCUT2D eigenvalue weighted by Crippen LogP contribution is -2.45. The summed E-state index contributed by atoms with van der Waals surface area (Å²) in [6.45, 7) is 15.3. The third kappa shape index (κ3) is 3.92. The van der Waals surface area contributed by atoms with E-state index in [2.05, 4.69) is 56.1 Å². The van der Waals surface area contributed by atoms with Crippen LogP contribution in [0.15, 0.2) is 0 Å². The zero-order valence-corrected chi connectivity index (χ0v) is 14.5. The molecule has 0 radical (unpaired) electrons. The van der Waals surface area contributed by atoms with Crippen molar-refractivity contribution >= 4 is 16.7 Å². The fourth-order valence-corrected chi connectivity index (χ4v) is 3.32. The second kappa shape index (κ2) is 5.60. The highest BCUT2D eigenvalue weighted by Crippen LogP contribution is 2.30. The normalized spacial score (nSPS) is 20.7. The van der Waals surface area contributed by atoms with E-state index in [4.69, 9.17) is 4.98 Å². The van der Waals surface area contributed by atoms with Gasteiger partial charge in [0.15, 0.2) is 0 Å². The van der Waals surface area contributed by atoms with Crippen LogP contribution in [0.5, 0.6) is 0 Å². The van der Waals surface area contributed by atoms with Crippen LogP contribution in [-0.2, 0) is 5.41 Å². The fraction of sp³-hybridized carbons (Fsp3) is 0.867. The summed E-state index contributed by atoms with van der Waals surface area (Å²) in [6.07, 6.45) is 2.49. The van der Waals surface area contributed by atoms with E-state index in [1.165, 1.54) is 12.8 Å². The number of anilines is 1. The fourth-order valence-electron chi connectivity index (χ4n) is 2.36. The van der Waals surface area contributed by atoms with Crippen LogP contribution < -0.4 is 10.2 Å². The molecule has 1 fully saturated rings. The van der Waals surface area contributed by atoms with Crippen molar-refractivity contribution in [2.24, 2.45) is 0 Å². The smallest absolute Gasteiger partial charge is 0.205 e. The molecule has 2 heterocycles. The number of aromatic nitrogens is 2. The standard InChI is InChI=1S/C15H28N4S/c1-14(2,3)12-17-13(20-18-12)19-9-7-8-11(19)10-16-15(4,5)6/h11,16H,7-10H2,1-6H3. The molecule has 1 saturated heterocycles. The monoisotopic (exact) mass is 296 g/mol. The van der Waals surface area contributed by atoms with Gasteiger partial charge >= 0.3 is 0 Å². The molecule has 2 rings (SSSR count). The summed E-state index contributed by atoms with van der Waals surface area (Å²) in [7, 11) is 0. The molecule has 114 valence electrons. The van der Waals surface area contributed by atoms with Crippen LogP contribution in [0.3, 0.4) is 0 Å². The zero-order chi connectivity index (χ0) is 15.0. The molecule has 5 heteroatoms. The van der Waals surface area contributed by atoms with E-state index in [-0.39, 0.29) is 11.0 Å². The van der Waals surface area contributed by atoms with Crippen molar-refractivity contribution in [2.45, 2.75) is 71.4 Å². The summed E-state index contributed by atoms with van der Waals surface area (Å²) in [5.41, 5.74) is 0.208. The van der Waals surface area contributed by atoms with Crippen LogP contribution in [0, 0.1) is 0 Å². The van der Waals surface area contributed by atoms with Gasteiger partial charge in [0.05, 0.1) is 0 Å². The minimum absolute atomic E-state index is 0.0353. The first-order valence-electron chi connectivity index (χ1n) is 7.53. The van der Waals surface area contributed by atoms with Gasteiger partial charge in [-0.2, -0.15) is 4.37 Å². The third-order valence-corrected chi connectivity index (χ3v) is 4.33. The predicted octanol–water partition coefficient (Wildman–Crippen LogP) is 3.19. The molecule has 0 saturated carbocycles. The van der Waals surface area contributed by atoms with Gasteiger partial charge in [-0.25, -0.2) is 4.98 Å². The Morgan fingerprint density at radius 1 is 1.25 bits per heavy atom. The van der Waals surface area contributed by atoms with Gasteiger partial charge in [0.25, 0.3) is 0 Å². The SMILES string of the molecule is CC(C)(C)NCC1CCCN1c1nc(C(C)(C)C)ns1. The van der Waals surface area contributed by atoms with Crippen molar-refractivity contribution in [3.05, 3.63) is 5.82 Å². The first-order valence-corrected chi connectivity index (χ1v) is 8.30. The van der Waals surface area contributed by atoms with Crippen LogP contribution in [0.1, 0.15) is 60.2 Å². The molecule has 1 aromatic rings. The Morgan fingerprint density at radius 2 is 1.95 bits per heavy atom. The lowest BCUT2D eigenvalue weighted by atomic mass is 9.96. The molecule has 1 atom stereocenters. The molecule has 0 spiro atoms.